The second kappa shape index (κ2) is 5.55. The van der Waals surface area contributed by atoms with E-state index < -0.39 is 0 Å². The van der Waals surface area contributed by atoms with Gasteiger partial charge in [0.15, 0.2) is 0 Å². The lowest BCUT2D eigenvalue weighted by Gasteiger charge is -2.13. The van der Waals surface area contributed by atoms with Crippen LogP contribution in [0.4, 0.5) is 5.69 Å². The van der Waals surface area contributed by atoms with E-state index in [2.05, 4.69) is 5.32 Å². The van der Waals surface area contributed by atoms with E-state index >= 15 is 0 Å². The van der Waals surface area contributed by atoms with Gasteiger partial charge in [0, 0.05) is 33.0 Å². The molecule has 1 heterocycles. The number of nitrogen functional groups attached to an aromatic ring is 1. The van der Waals surface area contributed by atoms with Crippen molar-refractivity contribution in [3.8, 4) is 0 Å². The summed E-state index contributed by atoms with van der Waals surface area (Å²) in [7, 11) is 3.44. The Morgan fingerprint density at radius 2 is 2.38 bits per heavy atom. The van der Waals surface area contributed by atoms with Gasteiger partial charge in [-0.05, 0) is 19.4 Å². The van der Waals surface area contributed by atoms with Gasteiger partial charge in [0.05, 0.1) is 5.69 Å². The first-order valence-electron chi connectivity index (χ1n) is 5.26. The minimum atomic E-state index is -0.109. The van der Waals surface area contributed by atoms with Crippen LogP contribution in [-0.4, -0.2) is 30.2 Å². The predicted molar refractivity (Wildman–Crippen MR) is 63.2 cm³/mol. The third kappa shape index (κ3) is 3.27. The number of ether oxygens (including phenoxy) is 1. The molecule has 0 aliphatic carbocycles. The molecule has 0 spiro atoms. The van der Waals surface area contributed by atoms with E-state index in [0.717, 1.165) is 6.42 Å². The Balaban J connectivity index is 2.55. The Morgan fingerprint density at radius 1 is 1.69 bits per heavy atom. The summed E-state index contributed by atoms with van der Waals surface area (Å²) in [6, 6.07) is 1.75. The maximum Gasteiger partial charge on any atom is 0.268 e. The van der Waals surface area contributed by atoms with E-state index in [9.17, 15) is 4.79 Å². The number of hydrogen-bond donors (Lipinski definition) is 2. The summed E-state index contributed by atoms with van der Waals surface area (Å²) in [6.45, 7) is 2.58. The number of nitrogens with zero attached hydrogens (tertiary/aromatic N) is 1. The van der Waals surface area contributed by atoms with Crippen molar-refractivity contribution in [3.63, 3.8) is 0 Å². The number of nitrogens with two attached hydrogens (primary N) is 1. The highest BCUT2D eigenvalue weighted by atomic mass is 16.5. The van der Waals surface area contributed by atoms with Crippen molar-refractivity contribution in [3.05, 3.63) is 18.0 Å². The normalized spacial score (nSPS) is 12.4. The van der Waals surface area contributed by atoms with Crippen LogP contribution < -0.4 is 11.1 Å². The summed E-state index contributed by atoms with van der Waals surface area (Å²) >= 11 is 0. The van der Waals surface area contributed by atoms with Crippen molar-refractivity contribution in [2.75, 3.05) is 19.5 Å². The molecule has 1 atom stereocenters. The molecule has 0 aliphatic heterocycles. The van der Waals surface area contributed by atoms with Crippen LogP contribution in [0.2, 0.25) is 0 Å². The van der Waals surface area contributed by atoms with E-state index in [1.165, 1.54) is 0 Å². The predicted octanol–water partition coefficient (Wildman–Crippen LogP) is 0.762. The van der Waals surface area contributed by atoms with Crippen molar-refractivity contribution in [1.82, 2.24) is 9.88 Å². The number of anilines is 1. The topological polar surface area (TPSA) is 69.3 Å². The molecule has 0 radical (unpaired) electrons. The number of carbonyl (C=O) groups excluding carboxylic acids is 1. The van der Waals surface area contributed by atoms with Crippen LogP contribution >= 0.6 is 0 Å². The fourth-order valence-electron chi connectivity index (χ4n) is 1.48. The summed E-state index contributed by atoms with van der Waals surface area (Å²) < 4.78 is 6.67. The molecular formula is C11H19N3O2. The van der Waals surface area contributed by atoms with E-state index in [4.69, 9.17) is 10.5 Å². The highest BCUT2D eigenvalue weighted by Crippen LogP contribution is 2.08. The average Bonchev–Trinajstić information content (AvgIpc) is 2.54. The first-order chi connectivity index (χ1) is 7.54. The van der Waals surface area contributed by atoms with Gasteiger partial charge >= 0.3 is 0 Å². The quantitative estimate of drug-likeness (QED) is 0.777. The zero-order valence-corrected chi connectivity index (χ0v) is 9.99. The molecular weight excluding hydrogens is 206 g/mol. The second-order valence-corrected chi connectivity index (χ2v) is 3.93. The number of rotatable bonds is 5. The Kier molecular flexibility index (Phi) is 4.37. The fourth-order valence-corrected chi connectivity index (χ4v) is 1.48. The smallest absolute Gasteiger partial charge is 0.268 e. The van der Waals surface area contributed by atoms with Crippen LogP contribution in [0, 0.1) is 0 Å². The monoisotopic (exact) mass is 225 g/mol. The number of amides is 1. The Bertz CT molecular complexity index is 360. The number of methoxy groups -OCH3 is 1. The largest absolute Gasteiger partial charge is 0.397 e. The van der Waals surface area contributed by atoms with Crippen LogP contribution in [-0.2, 0) is 11.8 Å². The first kappa shape index (κ1) is 12.6. The molecule has 90 valence electrons. The zero-order chi connectivity index (χ0) is 12.1. The third-order valence-electron chi connectivity index (χ3n) is 2.39. The Labute approximate surface area is 95.6 Å². The highest BCUT2D eigenvalue weighted by molar-refractivity contribution is 5.93. The lowest BCUT2D eigenvalue weighted by Crippen LogP contribution is -2.34. The molecule has 1 aromatic heterocycles. The van der Waals surface area contributed by atoms with Gasteiger partial charge in [-0.1, -0.05) is 0 Å². The summed E-state index contributed by atoms with van der Waals surface area (Å²) in [5.41, 5.74) is 6.77. The number of carbonyl (C=O) groups is 1. The molecule has 0 bridgehead atoms. The second-order valence-electron chi connectivity index (χ2n) is 3.93. The van der Waals surface area contributed by atoms with Crippen molar-refractivity contribution in [2.45, 2.75) is 19.4 Å². The molecule has 1 amide bonds. The highest BCUT2D eigenvalue weighted by Gasteiger charge is 2.13. The van der Waals surface area contributed by atoms with Gasteiger partial charge < -0.3 is 20.4 Å². The molecule has 0 aromatic carbocycles. The maximum absolute atomic E-state index is 11.8. The van der Waals surface area contributed by atoms with Gasteiger partial charge in [0.25, 0.3) is 5.91 Å². The number of aromatic nitrogens is 1. The van der Waals surface area contributed by atoms with Gasteiger partial charge in [0.1, 0.15) is 5.69 Å². The maximum atomic E-state index is 11.8. The van der Waals surface area contributed by atoms with E-state index in [1.807, 2.05) is 6.92 Å². The van der Waals surface area contributed by atoms with Gasteiger partial charge in [-0.15, -0.1) is 0 Å². The molecule has 5 heteroatoms. The molecule has 0 fully saturated rings. The van der Waals surface area contributed by atoms with Crippen LogP contribution in [0.25, 0.3) is 0 Å². The number of aryl methyl sites for hydroxylation is 1. The fraction of sp³-hybridized carbons (Fsp3) is 0.545. The standard InChI is InChI=1S/C11H19N3O2/c1-8(4-5-16-3)13-11(15)10-6-9(12)7-14(10)2/h6-8H,4-5,12H2,1-3H3,(H,13,15). The molecule has 0 aliphatic rings. The van der Waals surface area contributed by atoms with Crippen LogP contribution in [0.15, 0.2) is 12.3 Å². The summed E-state index contributed by atoms with van der Waals surface area (Å²) in [4.78, 5) is 11.8. The summed E-state index contributed by atoms with van der Waals surface area (Å²) in [5, 5.41) is 2.89. The summed E-state index contributed by atoms with van der Waals surface area (Å²) in [5.74, 6) is -0.109. The molecule has 0 saturated carbocycles. The Morgan fingerprint density at radius 3 is 2.88 bits per heavy atom. The van der Waals surface area contributed by atoms with Crippen LogP contribution in [0.3, 0.4) is 0 Å². The molecule has 1 unspecified atom stereocenters. The first-order valence-corrected chi connectivity index (χ1v) is 5.26. The molecule has 1 aromatic rings. The average molecular weight is 225 g/mol. The summed E-state index contributed by atoms with van der Waals surface area (Å²) in [6.07, 6.45) is 2.51. The van der Waals surface area contributed by atoms with Crippen molar-refractivity contribution < 1.29 is 9.53 Å². The van der Waals surface area contributed by atoms with Crippen molar-refractivity contribution in [2.24, 2.45) is 7.05 Å². The third-order valence-corrected chi connectivity index (χ3v) is 2.39. The van der Waals surface area contributed by atoms with Gasteiger partial charge in [-0.25, -0.2) is 0 Å². The van der Waals surface area contributed by atoms with Crippen LogP contribution in [0.1, 0.15) is 23.8 Å². The lowest BCUT2D eigenvalue weighted by atomic mass is 10.2. The van der Waals surface area contributed by atoms with Crippen molar-refractivity contribution in [1.29, 1.82) is 0 Å². The van der Waals surface area contributed by atoms with Gasteiger partial charge in [0.2, 0.25) is 0 Å². The van der Waals surface area contributed by atoms with Crippen LogP contribution in [0.5, 0.6) is 0 Å². The number of hydrogen-bond acceptors (Lipinski definition) is 3. The molecule has 16 heavy (non-hydrogen) atoms. The molecule has 3 N–H and O–H groups in total. The van der Waals surface area contributed by atoms with E-state index in [0.29, 0.717) is 18.0 Å². The minimum Gasteiger partial charge on any atom is -0.397 e. The lowest BCUT2D eigenvalue weighted by molar-refractivity contribution is 0.0921. The zero-order valence-electron chi connectivity index (χ0n) is 9.99. The molecule has 5 nitrogen and oxygen atoms in total. The number of nitrogens with one attached hydrogen (secondary N) is 1. The van der Waals surface area contributed by atoms with E-state index in [-0.39, 0.29) is 11.9 Å². The SMILES string of the molecule is COCCC(C)NC(=O)c1cc(N)cn1C. The van der Waals surface area contributed by atoms with Gasteiger partial charge in [-0.3, -0.25) is 4.79 Å². The minimum absolute atomic E-state index is 0.0866. The molecule has 1 rings (SSSR count). The van der Waals surface area contributed by atoms with Crippen molar-refractivity contribution >= 4 is 11.6 Å². The Hall–Kier alpha value is -1.49. The van der Waals surface area contributed by atoms with Gasteiger partial charge in [-0.2, -0.15) is 0 Å². The van der Waals surface area contributed by atoms with E-state index in [1.54, 1.807) is 31.0 Å². The molecule has 0 saturated heterocycles.